The van der Waals surface area contributed by atoms with Gasteiger partial charge in [0.15, 0.2) is 0 Å². The highest BCUT2D eigenvalue weighted by Gasteiger charge is 2.58. The third-order valence-corrected chi connectivity index (χ3v) is 6.88. The fourth-order valence-electron chi connectivity index (χ4n) is 5.75. The second-order valence-corrected chi connectivity index (χ2v) is 9.12. The van der Waals surface area contributed by atoms with E-state index in [1.165, 1.54) is 19.3 Å². The van der Waals surface area contributed by atoms with Gasteiger partial charge in [0.2, 0.25) is 0 Å². The zero-order valence-electron chi connectivity index (χ0n) is 13.5. The van der Waals surface area contributed by atoms with Gasteiger partial charge < -0.3 is 10.2 Å². The van der Waals surface area contributed by atoms with Crippen LogP contribution in [0.4, 0.5) is 0 Å². The molecule has 0 amide bonds. The first-order valence-electron chi connectivity index (χ1n) is 8.62. The molecule has 3 unspecified atom stereocenters. The van der Waals surface area contributed by atoms with E-state index in [4.69, 9.17) is 4.99 Å². The Morgan fingerprint density at radius 1 is 1.26 bits per heavy atom. The minimum atomic E-state index is -0.439. The first-order valence-corrected chi connectivity index (χ1v) is 9.41. The molecule has 0 spiro atoms. The SMILES string of the molecule is CC(N=Cc1cc(Br)ccc1O)C12CC3CC(CC(O)(C3)C1)C2. The number of aromatic hydroxyl groups is 1. The van der Waals surface area contributed by atoms with Crippen molar-refractivity contribution in [3.05, 3.63) is 28.2 Å². The summed E-state index contributed by atoms with van der Waals surface area (Å²) in [4.78, 5) is 4.80. The van der Waals surface area contributed by atoms with Crippen molar-refractivity contribution in [2.24, 2.45) is 22.2 Å². The molecule has 0 aromatic heterocycles. The lowest BCUT2D eigenvalue weighted by Crippen LogP contribution is -2.58. The molecule has 4 saturated carbocycles. The summed E-state index contributed by atoms with van der Waals surface area (Å²) in [5.41, 5.74) is 0.456. The van der Waals surface area contributed by atoms with Crippen molar-refractivity contribution in [2.45, 2.75) is 57.1 Å². The maximum atomic E-state index is 10.9. The van der Waals surface area contributed by atoms with E-state index in [2.05, 4.69) is 22.9 Å². The van der Waals surface area contributed by atoms with Crippen LogP contribution in [-0.2, 0) is 0 Å². The Morgan fingerprint density at radius 3 is 2.61 bits per heavy atom. The van der Waals surface area contributed by atoms with Crippen LogP contribution in [0, 0.1) is 17.3 Å². The Morgan fingerprint density at radius 2 is 1.96 bits per heavy atom. The Labute approximate surface area is 146 Å². The minimum Gasteiger partial charge on any atom is -0.507 e. The summed E-state index contributed by atoms with van der Waals surface area (Å²) < 4.78 is 0.938. The predicted molar refractivity (Wildman–Crippen MR) is 94.9 cm³/mol. The molecule has 0 saturated heterocycles. The summed E-state index contributed by atoms with van der Waals surface area (Å²) in [5.74, 6) is 1.62. The lowest BCUT2D eigenvalue weighted by molar-refractivity contribution is -0.168. The van der Waals surface area contributed by atoms with Crippen molar-refractivity contribution in [2.75, 3.05) is 0 Å². The lowest BCUT2D eigenvalue weighted by atomic mass is 9.46. The van der Waals surface area contributed by atoms with Gasteiger partial charge in [-0.1, -0.05) is 15.9 Å². The average molecular weight is 378 g/mol. The smallest absolute Gasteiger partial charge is 0.124 e. The van der Waals surface area contributed by atoms with Crippen LogP contribution in [-0.4, -0.2) is 28.1 Å². The number of rotatable bonds is 3. The lowest BCUT2D eigenvalue weighted by Gasteiger charge is -2.61. The molecule has 4 aliphatic carbocycles. The van der Waals surface area contributed by atoms with Gasteiger partial charge in [0.1, 0.15) is 5.75 Å². The van der Waals surface area contributed by atoms with Gasteiger partial charge in [-0.05, 0) is 80.9 Å². The summed E-state index contributed by atoms with van der Waals surface area (Å²) >= 11 is 3.44. The summed E-state index contributed by atoms with van der Waals surface area (Å²) in [7, 11) is 0. The molecule has 5 rings (SSSR count). The van der Waals surface area contributed by atoms with Crippen molar-refractivity contribution in [1.82, 2.24) is 0 Å². The Kier molecular flexibility index (Phi) is 3.62. The van der Waals surface area contributed by atoms with Crippen molar-refractivity contribution >= 4 is 22.1 Å². The van der Waals surface area contributed by atoms with Crippen molar-refractivity contribution in [3.8, 4) is 5.75 Å². The van der Waals surface area contributed by atoms with Crippen LogP contribution in [0.25, 0.3) is 0 Å². The van der Waals surface area contributed by atoms with Gasteiger partial charge in [0.25, 0.3) is 0 Å². The molecule has 4 fully saturated rings. The molecule has 1 aromatic rings. The third kappa shape index (κ3) is 2.74. The highest BCUT2D eigenvalue weighted by Crippen LogP contribution is 2.63. The van der Waals surface area contributed by atoms with E-state index in [0.717, 1.165) is 29.3 Å². The minimum absolute atomic E-state index is 0.150. The standard InChI is InChI=1S/C19H24BrNO2/c1-12(21-10-15-5-16(20)2-3-17(15)22)18-6-13-4-14(7-18)9-19(23,8-13)11-18/h2-3,5,10,12-14,22-23H,4,6-9,11H2,1H3. The van der Waals surface area contributed by atoms with Crippen LogP contribution in [0.15, 0.2) is 27.7 Å². The molecule has 124 valence electrons. The molecular formula is C19H24BrNO2. The second-order valence-electron chi connectivity index (χ2n) is 8.21. The number of phenols is 1. The maximum Gasteiger partial charge on any atom is 0.124 e. The molecular weight excluding hydrogens is 354 g/mol. The molecule has 0 heterocycles. The van der Waals surface area contributed by atoms with Crippen molar-refractivity contribution in [1.29, 1.82) is 0 Å². The number of phenolic OH excluding ortho intramolecular Hbond substituents is 1. The summed E-state index contributed by atoms with van der Waals surface area (Å²) in [6.45, 7) is 2.18. The second kappa shape index (κ2) is 5.32. The van der Waals surface area contributed by atoms with Crippen molar-refractivity contribution < 1.29 is 10.2 Å². The Hall–Kier alpha value is -0.870. The van der Waals surface area contributed by atoms with Gasteiger partial charge in [-0.25, -0.2) is 0 Å². The molecule has 4 bridgehead atoms. The van der Waals surface area contributed by atoms with E-state index in [-0.39, 0.29) is 17.2 Å². The summed E-state index contributed by atoms with van der Waals surface area (Å²) in [6.07, 6.45) is 8.39. The number of aliphatic hydroxyl groups is 1. The molecule has 2 N–H and O–H groups in total. The van der Waals surface area contributed by atoms with E-state index in [1.54, 1.807) is 12.3 Å². The van der Waals surface area contributed by atoms with E-state index >= 15 is 0 Å². The van der Waals surface area contributed by atoms with E-state index in [1.807, 2.05) is 12.1 Å². The fourth-order valence-corrected chi connectivity index (χ4v) is 6.13. The highest BCUT2D eigenvalue weighted by molar-refractivity contribution is 9.10. The van der Waals surface area contributed by atoms with Gasteiger partial charge in [-0.3, -0.25) is 4.99 Å². The van der Waals surface area contributed by atoms with E-state index < -0.39 is 5.60 Å². The van der Waals surface area contributed by atoms with Crippen LogP contribution in [0.3, 0.4) is 0 Å². The van der Waals surface area contributed by atoms with Gasteiger partial charge in [-0.15, -0.1) is 0 Å². The maximum absolute atomic E-state index is 10.9. The largest absolute Gasteiger partial charge is 0.507 e. The predicted octanol–water partition coefficient (Wildman–Crippen LogP) is 4.29. The van der Waals surface area contributed by atoms with E-state index in [9.17, 15) is 10.2 Å². The number of halogens is 1. The monoisotopic (exact) mass is 377 g/mol. The first-order chi connectivity index (χ1) is 10.9. The van der Waals surface area contributed by atoms with Gasteiger partial charge in [-0.2, -0.15) is 0 Å². The molecule has 3 nitrogen and oxygen atoms in total. The molecule has 0 radical (unpaired) electrons. The van der Waals surface area contributed by atoms with Crippen molar-refractivity contribution in [3.63, 3.8) is 0 Å². The van der Waals surface area contributed by atoms with Gasteiger partial charge >= 0.3 is 0 Å². The van der Waals surface area contributed by atoms with Gasteiger partial charge in [0, 0.05) is 16.3 Å². The molecule has 1 aromatic carbocycles. The number of nitrogens with zero attached hydrogens (tertiary/aromatic N) is 1. The summed E-state index contributed by atoms with van der Waals surface area (Å²) in [5, 5.41) is 20.9. The molecule has 0 aliphatic heterocycles. The van der Waals surface area contributed by atoms with Gasteiger partial charge in [0.05, 0.1) is 11.6 Å². The van der Waals surface area contributed by atoms with Crippen LogP contribution in [0.5, 0.6) is 5.75 Å². The molecule has 3 atom stereocenters. The van der Waals surface area contributed by atoms with E-state index in [0.29, 0.717) is 11.8 Å². The molecule has 4 aliphatic rings. The van der Waals surface area contributed by atoms with Crippen LogP contribution < -0.4 is 0 Å². The van der Waals surface area contributed by atoms with Crippen LogP contribution in [0.1, 0.15) is 51.0 Å². The zero-order valence-corrected chi connectivity index (χ0v) is 15.1. The van der Waals surface area contributed by atoms with Crippen LogP contribution >= 0.6 is 15.9 Å². The quantitative estimate of drug-likeness (QED) is 0.771. The highest BCUT2D eigenvalue weighted by atomic mass is 79.9. The Bertz CT molecular complexity index is 643. The summed E-state index contributed by atoms with van der Waals surface area (Å²) in [6, 6.07) is 5.57. The zero-order chi connectivity index (χ0) is 16.2. The topological polar surface area (TPSA) is 52.8 Å². The number of hydrogen-bond acceptors (Lipinski definition) is 3. The van der Waals surface area contributed by atoms with Crippen LogP contribution in [0.2, 0.25) is 0 Å². The number of benzene rings is 1. The normalized spacial score (nSPS) is 40.0. The fraction of sp³-hybridized carbons (Fsp3) is 0.632. The number of hydrogen-bond donors (Lipinski definition) is 2. The Balaban J connectivity index is 1.58. The molecule has 4 heteroatoms. The first kappa shape index (κ1) is 15.6. The third-order valence-electron chi connectivity index (χ3n) is 6.39. The number of aliphatic imine (C=N–C) groups is 1. The average Bonchev–Trinajstić information content (AvgIpc) is 2.45. The molecule has 23 heavy (non-hydrogen) atoms.